The zero-order chi connectivity index (χ0) is 19.7. The third-order valence-electron chi connectivity index (χ3n) is 6.40. The summed E-state index contributed by atoms with van der Waals surface area (Å²) in [5.41, 5.74) is 4.38. The van der Waals surface area contributed by atoms with Crippen LogP contribution in [-0.2, 0) is 12.8 Å². The number of H-pyrrole nitrogens is 1. The highest BCUT2D eigenvalue weighted by molar-refractivity contribution is 5.95. The quantitative estimate of drug-likeness (QED) is 0.584. The summed E-state index contributed by atoms with van der Waals surface area (Å²) in [6.45, 7) is 0. The van der Waals surface area contributed by atoms with Gasteiger partial charge in [0.05, 0.1) is 28.5 Å². The number of nitrogens with zero attached hydrogens (tertiary/aromatic N) is 3. The first-order chi connectivity index (χ1) is 14.1. The largest absolute Gasteiger partial charge is 0.390 e. The molecule has 3 aliphatic rings. The molecule has 2 aromatic heterocycles. The van der Waals surface area contributed by atoms with Crippen LogP contribution in [0.4, 0.5) is 0 Å². The van der Waals surface area contributed by atoms with Crippen molar-refractivity contribution in [3.63, 3.8) is 0 Å². The third kappa shape index (κ3) is 2.49. The van der Waals surface area contributed by atoms with Crippen molar-refractivity contribution in [2.45, 2.75) is 37.3 Å². The summed E-state index contributed by atoms with van der Waals surface area (Å²) in [6.07, 6.45) is 6.15. The Morgan fingerprint density at radius 1 is 1.31 bits per heavy atom. The third-order valence-corrected chi connectivity index (χ3v) is 6.40. The van der Waals surface area contributed by atoms with Crippen molar-refractivity contribution >= 4 is 5.91 Å². The molecule has 1 fully saturated rings. The van der Waals surface area contributed by atoms with E-state index in [0.717, 1.165) is 35.2 Å². The van der Waals surface area contributed by atoms with Crippen LogP contribution >= 0.6 is 0 Å². The van der Waals surface area contributed by atoms with E-state index in [-0.39, 0.29) is 5.91 Å². The summed E-state index contributed by atoms with van der Waals surface area (Å²) in [6, 6.07) is 7.34. The zero-order valence-corrected chi connectivity index (χ0v) is 15.6. The minimum absolute atomic E-state index is 0.284. The molecule has 3 aliphatic carbocycles. The molecule has 3 aromatic rings. The van der Waals surface area contributed by atoms with Crippen LogP contribution in [0.3, 0.4) is 0 Å². The SMILES string of the molecule is O=C(N[C@H]1c2ccccc2C[C@H]1O)c1nn(-c2c[n+](=O)cc[nH]2)c2c1C[C@@H]1C[C@H]21. The van der Waals surface area contributed by atoms with Gasteiger partial charge in [0.2, 0.25) is 12.0 Å². The molecule has 1 amide bonds. The minimum Gasteiger partial charge on any atom is -0.390 e. The van der Waals surface area contributed by atoms with Crippen LogP contribution in [0.1, 0.15) is 51.3 Å². The van der Waals surface area contributed by atoms with E-state index in [0.29, 0.717) is 34.2 Å². The van der Waals surface area contributed by atoms with Gasteiger partial charge in [0, 0.05) is 22.8 Å². The second-order valence-electron chi connectivity index (χ2n) is 8.19. The van der Waals surface area contributed by atoms with Gasteiger partial charge < -0.3 is 15.4 Å². The van der Waals surface area contributed by atoms with Crippen LogP contribution in [0, 0.1) is 10.8 Å². The van der Waals surface area contributed by atoms with E-state index >= 15 is 0 Å². The molecule has 29 heavy (non-hydrogen) atoms. The molecule has 3 N–H and O–H groups in total. The zero-order valence-electron chi connectivity index (χ0n) is 15.6. The fourth-order valence-corrected chi connectivity index (χ4v) is 4.95. The average Bonchev–Trinajstić information content (AvgIpc) is 3.06. The summed E-state index contributed by atoms with van der Waals surface area (Å²) in [4.78, 5) is 27.9. The summed E-state index contributed by atoms with van der Waals surface area (Å²) in [5, 5.41) is 18.1. The van der Waals surface area contributed by atoms with E-state index in [2.05, 4.69) is 15.4 Å². The standard InChI is InChI=1S/C21H19N5O3/c27-16-9-11-3-1-2-4-13(11)18(16)23-21(28)19-15-8-12-7-14(12)20(15)26(24-19)17-10-25(29)6-5-22-17/h1-6,10,12,14,16,18,27H,7-9H2,(H-,22,23,28,29)/p+1/t12-,14-,16+,18-/m0/s1. The molecule has 0 spiro atoms. The van der Waals surface area contributed by atoms with Gasteiger partial charge in [-0.3, -0.25) is 4.79 Å². The number of carbonyl (C=O) groups is 1. The molecule has 1 aromatic carbocycles. The average molecular weight is 390 g/mol. The fraction of sp³-hybridized carbons (Fsp3) is 0.333. The molecular formula is C21H20N5O3+. The number of nitrogens with one attached hydrogen (secondary N) is 2. The van der Waals surface area contributed by atoms with E-state index in [4.69, 9.17) is 0 Å². The van der Waals surface area contributed by atoms with Gasteiger partial charge in [-0.05, 0) is 29.9 Å². The summed E-state index contributed by atoms with van der Waals surface area (Å²) < 4.78 is 2.42. The highest BCUT2D eigenvalue weighted by Gasteiger charge is 2.50. The van der Waals surface area contributed by atoms with E-state index in [1.165, 1.54) is 12.4 Å². The lowest BCUT2D eigenvalue weighted by Crippen LogP contribution is -2.34. The maximum atomic E-state index is 13.2. The molecule has 1 saturated carbocycles. The molecule has 0 radical (unpaired) electrons. The number of rotatable bonds is 3. The molecule has 0 unspecified atom stereocenters. The number of hydrogen-bond acceptors (Lipinski definition) is 4. The maximum Gasteiger partial charge on any atom is 0.272 e. The van der Waals surface area contributed by atoms with Crippen molar-refractivity contribution < 1.29 is 14.3 Å². The van der Waals surface area contributed by atoms with Gasteiger partial charge in [-0.2, -0.15) is 5.10 Å². The normalized spacial score (nSPS) is 26.0. The Hall–Kier alpha value is -3.26. The molecule has 4 atom stereocenters. The number of benzene rings is 1. The lowest BCUT2D eigenvalue weighted by molar-refractivity contribution is -0.495. The number of aliphatic hydroxyl groups is 1. The minimum atomic E-state index is -0.651. The second kappa shape index (κ2) is 5.87. The van der Waals surface area contributed by atoms with Crippen LogP contribution in [0.15, 0.2) is 42.9 Å². The number of aliphatic hydroxyl groups excluding tert-OH is 1. The summed E-state index contributed by atoms with van der Waals surface area (Å²) >= 11 is 0. The van der Waals surface area contributed by atoms with Crippen molar-refractivity contribution in [3.05, 3.63) is 75.8 Å². The summed E-state index contributed by atoms with van der Waals surface area (Å²) in [7, 11) is 0. The number of aromatic nitrogens is 4. The van der Waals surface area contributed by atoms with Crippen LogP contribution in [-0.4, -0.2) is 31.9 Å². The number of fused-ring (bicyclic) bond motifs is 4. The van der Waals surface area contributed by atoms with E-state index in [1.54, 1.807) is 10.9 Å². The van der Waals surface area contributed by atoms with Crippen molar-refractivity contribution in [2.24, 2.45) is 5.92 Å². The van der Waals surface area contributed by atoms with Gasteiger partial charge in [0.1, 0.15) is 0 Å². The molecule has 2 heterocycles. The molecular weight excluding hydrogens is 370 g/mol. The molecule has 0 bridgehead atoms. The van der Waals surface area contributed by atoms with Gasteiger partial charge in [-0.15, -0.1) is 0 Å². The lowest BCUT2D eigenvalue weighted by atomic mass is 10.1. The van der Waals surface area contributed by atoms with E-state index in [9.17, 15) is 14.8 Å². The molecule has 0 aliphatic heterocycles. The van der Waals surface area contributed by atoms with Crippen molar-refractivity contribution in [3.8, 4) is 5.82 Å². The Balaban J connectivity index is 1.38. The highest BCUT2D eigenvalue weighted by atomic mass is 16.3. The van der Waals surface area contributed by atoms with Gasteiger partial charge >= 0.3 is 0 Å². The number of hydrogen-bond donors (Lipinski definition) is 3. The molecule has 8 nitrogen and oxygen atoms in total. The number of aromatic amines is 1. The first-order valence-electron chi connectivity index (χ1n) is 9.89. The van der Waals surface area contributed by atoms with Crippen LogP contribution in [0.2, 0.25) is 0 Å². The smallest absolute Gasteiger partial charge is 0.272 e. The molecule has 6 rings (SSSR count). The molecule has 8 heteroatoms. The van der Waals surface area contributed by atoms with E-state index < -0.39 is 12.1 Å². The lowest BCUT2D eigenvalue weighted by Gasteiger charge is -2.17. The van der Waals surface area contributed by atoms with Gasteiger partial charge in [0.15, 0.2) is 5.69 Å². The van der Waals surface area contributed by atoms with Crippen molar-refractivity contribution in [2.75, 3.05) is 0 Å². The monoisotopic (exact) mass is 390 g/mol. The predicted molar refractivity (Wildman–Crippen MR) is 102 cm³/mol. The van der Waals surface area contributed by atoms with Crippen LogP contribution in [0.5, 0.6) is 0 Å². The Morgan fingerprint density at radius 3 is 3.03 bits per heavy atom. The maximum absolute atomic E-state index is 13.2. The second-order valence-corrected chi connectivity index (χ2v) is 8.19. The Morgan fingerprint density at radius 2 is 2.17 bits per heavy atom. The van der Waals surface area contributed by atoms with E-state index in [1.807, 2.05) is 24.3 Å². The predicted octanol–water partition coefficient (Wildman–Crippen LogP) is 1.16. The van der Waals surface area contributed by atoms with Crippen LogP contribution in [0.25, 0.3) is 5.82 Å². The fourth-order valence-electron chi connectivity index (χ4n) is 4.95. The number of carbonyl (C=O) groups excluding carboxylic acids is 1. The first kappa shape index (κ1) is 16.7. The Bertz CT molecular complexity index is 1210. The van der Waals surface area contributed by atoms with Crippen molar-refractivity contribution in [1.82, 2.24) is 20.1 Å². The first-order valence-corrected chi connectivity index (χ1v) is 9.89. The highest BCUT2D eigenvalue weighted by Crippen LogP contribution is 2.57. The Kier molecular flexibility index (Phi) is 3.37. The van der Waals surface area contributed by atoms with Gasteiger partial charge in [0.25, 0.3) is 12.1 Å². The van der Waals surface area contributed by atoms with Gasteiger partial charge in [-0.25, -0.2) is 4.68 Å². The molecule has 0 saturated heterocycles. The molecule has 146 valence electrons. The van der Waals surface area contributed by atoms with Gasteiger partial charge in [-0.1, -0.05) is 24.3 Å². The summed E-state index contributed by atoms with van der Waals surface area (Å²) in [5.74, 6) is 1.21. The topological polar surface area (TPSA) is 106 Å². The Labute approximate surface area is 165 Å². The van der Waals surface area contributed by atoms with Crippen molar-refractivity contribution in [1.29, 1.82) is 0 Å². The van der Waals surface area contributed by atoms with Crippen LogP contribution < -0.4 is 9.74 Å². The number of amides is 1.